The molecule has 0 aromatic carbocycles. The fourth-order valence-corrected chi connectivity index (χ4v) is 19.0. The highest BCUT2D eigenvalue weighted by molar-refractivity contribution is 6.85. The van der Waals surface area contributed by atoms with Crippen molar-refractivity contribution in [2.45, 2.75) is 281 Å². The molecule has 0 aliphatic carbocycles. The highest BCUT2D eigenvalue weighted by Gasteiger charge is 2.38. The van der Waals surface area contributed by atoms with Crippen molar-refractivity contribution in [3.8, 4) is 0 Å². The van der Waals surface area contributed by atoms with Crippen molar-refractivity contribution in [2.75, 3.05) is 0 Å². The Morgan fingerprint density at radius 3 is 0.940 bits per heavy atom. The zero-order valence-corrected chi connectivity index (χ0v) is 39.7. The number of hydrogen-bond acceptors (Lipinski definition) is 1. The molecule has 324 valence electrons. The van der Waals surface area contributed by atoms with E-state index in [0.717, 1.165) is 22.9 Å². The highest BCUT2D eigenvalue weighted by Crippen LogP contribution is 2.44. The molecule has 0 rings (SSSR count). The second-order valence-electron chi connectivity index (χ2n) is 19.3. The van der Waals surface area contributed by atoms with Crippen LogP contribution in [-0.4, -0.2) is 40.9 Å². The molecular weight excluding hydrogens is 685 g/mol. The van der Waals surface area contributed by atoms with Gasteiger partial charge in [0.05, 0.1) is 8.07 Å². The molecule has 50 heavy (non-hydrogen) atoms. The smallest absolute Gasteiger partial charge is 0.176 e. The maximum Gasteiger partial charge on any atom is 0.176 e. The van der Waals surface area contributed by atoms with E-state index >= 15 is 0 Å². The SMILES string of the molecule is C.C.C.C.C.C.C.C.CCC(C)CC[Si](C)(C)C.CCC(C)C[Si](C)(C)C.CCC(C)[Si](C)(C)C(C)(C)C.CCC(C)[Si](C)(C)O[Si](C)(C)C. The van der Waals surface area contributed by atoms with Gasteiger partial charge in [-0.25, -0.2) is 0 Å². The van der Waals surface area contributed by atoms with E-state index in [1.807, 2.05) is 0 Å². The van der Waals surface area contributed by atoms with Gasteiger partial charge in [0, 0.05) is 16.1 Å². The predicted molar refractivity (Wildman–Crippen MR) is 272 cm³/mol. The van der Waals surface area contributed by atoms with Crippen LogP contribution in [0.2, 0.25) is 113 Å². The first-order valence-corrected chi connectivity index (χ1v) is 34.9. The first-order valence-electron chi connectivity index (χ1n) is 18.0. The third-order valence-corrected chi connectivity index (χ3v) is 27.7. The van der Waals surface area contributed by atoms with Gasteiger partial charge < -0.3 is 4.12 Å². The molecule has 4 atom stereocenters. The quantitative estimate of drug-likeness (QED) is 0.168. The molecule has 0 heterocycles. The van der Waals surface area contributed by atoms with E-state index in [-0.39, 0.29) is 59.4 Å². The van der Waals surface area contributed by atoms with Crippen molar-refractivity contribution in [1.29, 1.82) is 0 Å². The molecule has 1 nitrogen and oxygen atoms in total. The lowest BCUT2D eigenvalue weighted by Crippen LogP contribution is -2.44. The summed E-state index contributed by atoms with van der Waals surface area (Å²) in [5.74, 6) is 1.91. The van der Waals surface area contributed by atoms with Crippen molar-refractivity contribution in [3.63, 3.8) is 0 Å². The summed E-state index contributed by atoms with van der Waals surface area (Å²) in [5, 5.41) is 0.558. The van der Waals surface area contributed by atoms with Crippen LogP contribution in [0, 0.1) is 11.8 Å². The molecule has 6 heteroatoms. The van der Waals surface area contributed by atoms with Crippen molar-refractivity contribution in [3.05, 3.63) is 0 Å². The molecule has 0 spiro atoms. The monoisotopic (exact) mass is 807 g/mol. The maximum atomic E-state index is 6.26. The summed E-state index contributed by atoms with van der Waals surface area (Å²) in [4.78, 5) is 0. The van der Waals surface area contributed by atoms with E-state index in [1.165, 1.54) is 44.2 Å². The van der Waals surface area contributed by atoms with Crippen molar-refractivity contribution < 1.29 is 4.12 Å². The van der Waals surface area contributed by atoms with Crippen LogP contribution in [0.25, 0.3) is 0 Å². The van der Waals surface area contributed by atoms with Gasteiger partial charge in [0.15, 0.2) is 16.6 Å². The molecule has 0 aliphatic rings. The molecule has 0 radical (unpaired) electrons. The minimum Gasteiger partial charge on any atom is -0.456 e. The van der Waals surface area contributed by atoms with Gasteiger partial charge in [-0.3, -0.25) is 0 Å². The van der Waals surface area contributed by atoms with E-state index in [9.17, 15) is 0 Å². The summed E-state index contributed by atoms with van der Waals surface area (Å²) in [6.45, 7) is 57.0. The van der Waals surface area contributed by atoms with Crippen LogP contribution in [0.3, 0.4) is 0 Å². The number of rotatable bonds is 13. The zero-order valence-electron chi connectivity index (χ0n) is 34.7. The van der Waals surface area contributed by atoms with Crippen LogP contribution >= 0.6 is 0 Å². The molecular formula is C44H122OSi5. The third kappa shape index (κ3) is 51.2. The minimum absolute atomic E-state index is 0. The average Bonchev–Trinajstić information content (AvgIpc) is 2.78. The highest BCUT2D eigenvalue weighted by atomic mass is 28.4. The van der Waals surface area contributed by atoms with Crippen molar-refractivity contribution >= 4 is 40.9 Å². The molecule has 0 aromatic rings. The van der Waals surface area contributed by atoms with Gasteiger partial charge in [-0.05, 0) is 60.7 Å². The summed E-state index contributed by atoms with van der Waals surface area (Å²) >= 11 is 0. The van der Waals surface area contributed by atoms with Crippen LogP contribution in [0.1, 0.15) is 168 Å². The second kappa shape index (κ2) is 37.0. The molecule has 0 amide bonds. The van der Waals surface area contributed by atoms with Gasteiger partial charge in [-0.1, -0.05) is 232 Å². The number of hydrogen-bond donors (Lipinski definition) is 0. The van der Waals surface area contributed by atoms with E-state index in [4.69, 9.17) is 4.12 Å². The first kappa shape index (κ1) is 83.9. The minimum atomic E-state index is -1.38. The zero-order chi connectivity index (χ0) is 35.0. The average molecular weight is 808 g/mol. The van der Waals surface area contributed by atoms with E-state index in [2.05, 4.69) is 161 Å². The van der Waals surface area contributed by atoms with Crippen molar-refractivity contribution in [1.82, 2.24) is 0 Å². The molecule has 0 N–H and O–H groups in total. The lowest BCUT2D eigenvalue weighted by Gasteiger charge is -2.41. The fourth-order valence-electron chi connectivity index (χ4n) is 4.70. The Hall–Kier alpha value is 1.04. The van der Waals surface area contributed by atoms with Crippen LogP contribution in [0.4, 0.5) is 0 Å². The maximum absolute atomic E-state index is 6.26. The van der Waals surface area contributed by atoms with Crippen LogP contribution < -0.4 is 0 Å². The van der Waals surface area contributed by atoms with Crippen LogP contribution in [0.5, 0.6) is 0 Å². The van der Waals surface area contributed by atoms with Crippen LogP contribution in [0.15, 0.2) is 0 Å². The lowest BCUT2D eigenvalue weighted by molar-refractivity contribution is 0.523. The normalized spacial score (nSPS) is 13.4. The van der Waals surface area contributed by atoms with Gasteiger partial charge in [0.25, 0.3) is 0 Å². The molecule has 0 saturated carbocycles. The third-order valence-electron chi connectivity index (χ3n) is 9.89. The summed E-state index contributed by atoms with van der Waals surface area (Å²) in [6, 6.07) is 2.99. The van der Waals surface area contributed by atoms with E-state index in [0.29, 0.717) is 5.04 Å². The second-order valence-corrected chi connectivity index (χ2v) is 45.6. The Bertz CT molecular complexity index is 635. The molecule has 0 saturated heterocycles. The largest absolute Gasteiger partial charge is 0.456 e. The molecule has 0 bridgehead atoms. The summed E-state index contributed by atoms with van der Waals surface area (Å²) < 4.78 is 6.26. The molecule has 4 unspecified atom stereocenters. The van der Waals surface area contributed by atoms with Gasteiger partial charge >= 0.3 is 0 Å². The van der Waals surface area contributed by atoms with Gasteiger partial charge in [-0.15, -0.1) is 0 Å². The Balaban J connectivity index is -0.0000000367. The van der Waals surface area contributed by atoms with E-state index in [1.54, 1.807) is 0 Å². The Morgan fingerprint density at radius 2 is 0.780 bits per heavy atom. The fraction of sp³-hybridized carbons (Fsp3) is 1.00. The lowest BCUT2D eigenvalue weighted by atomic mass is 10.1. The molecule has 0 fully saturated rings. The predicted octanol–water partition coefficient (Wildman–Crippen LogP) is 20.4. The van der Waals surface area contributed by atoms with Crippen LogP contribution in [-0.2, 0) is 4.12 Å². The standard InChI is InChI=1S/C10H24Si.C9H24OSi2.C9H22Si.C8H20Si.8CH4/c1-8-9(2)11(6,7)10(3,4)5;1-8-9(2)12(6,7)10-11(3,4)5;1-6-9(2)7-8-10(3,4)5;1-6-8(2)7-9(3,4)5;;;;;;;;/h9H,8H2,1-7H3;9H,8H2,1-7H3;9H,6-8H2,1-5H3;8H,6-7H2,1-5H3;8*1H4. The van der Waals surface area contributed by atoms with E-state index < -0.39 is 40.9 Å². The van der Waals surface area contributed by atoms with Crippen molar-refractivity contribution in [2.24, 2.45) is 11.8 Å². The topological polar surface area (TPSA) is 9.23 Å². The van der Waals surface area contributed by atoms with Gasteiger partial charge in [-0.2, -0.15) is 0 Å². The molecule has 0 aromatic heterocycles. The Labute approximate surface area is 336 Å². The summed E-state index contributed by atoms with van der Waals surface area (Å²) in [5.41, 5.74) is 1.73. The summed E-state index contributed by atoms with van der Waals surface area (Å²) in [6.07, 6.45) is 6.75. The van der Waals surface area contributed by atoms with Gasteiger partial charge in [0.1, 0.15) is 0 Å². The summed E-state index contributed by atoms with van der Waals surface area (Å²) in [7, 11) is -5.18. The molecule has 0 aliphatic heterocycles. The van der Waals surface area contributed by atoms with Gasteiger partial charge in [0.2, 0.25) is 0 Å². The Morgan fingerprint density at radius 1 is 0.460 bits per heavy atom. The first-order chi connectivity index (χ1) is 18.3. The Kier molecular flexibility index (Phi) is 62.0.